The summed E-state index contributed by atoms with van der Waals surface area (Å²) in [6, 6.07) is 16.2. The van der Waals surface area contributed by atoms with Gasteiger partial charge in [0.05, 0.1) is 0 Å². The average Bonchev–Trinajstić information content (AvgIpc) is 3.05. The molecule has 2 heterocycles. The summed E-state index contributed by atoms with van der Waals surface area (Å²) in [5, 5.41) is 10.4. The first-order valence-electron chi connectivity index (χ1n) is 8.02. The highest BCUT2D eigenvalue weighted by Gasteiger charge is 2.38. The van der Waals surface area contributed by atoms with Crippen LogP contribution >= 0.6 is 0 Å². The van der Waals surface area contributed by atoms with E-state index in [0.717, 1.165) is 41.7 Å². The molecule has 22 heavy (non-hydrogen) atoms. The van der Waals surface area contributed by atoms with Crippen LogP contribution in [0, 0.1) is 11.8 Å². The van der Waals surface area contributed by atoms with Crippen molar-refractivity contribution >= 4 is 5.69 Å². The van der Waals surface area contributed by atoms with E-state index in [1.165, 1.54) is 13.1 Å². The van der Waals surface area contributed by atoms with Crippen molar-refractivity contribution < 1.29 is 5.11 Å². The summed E-state index contributed by atoms with van der Waals surface area (Å²) in [4.78, 5) is 4.86. The van der Waals surface area contributed by atoms with Gasteiger partial charge in [-0.2, -0.15) is 0 Å². The summed E-state index contributed by atoms with van der Waals surface area (Å²) in [7, 11) is 2.21. The van der Waals surface area contributed by atoms with Gasteiger partial charge >= 0.3 is 0 Å². The van der Waals surface area contributed by atoms with Crippen molar-refractivity contribution in [1.82, 2.24) is 4.90 Å². The Morgan fingerprint density at radius 1 is 0.909 bits per heavy atom. The monoisotopic (exact) mass is 294 g/mol. The first-order valence-corrected chi connectivity index (χ1v) is 8.02. The number of hydrogen-bond donors (Lipinski definition) is 1. The van der Waals surface area contributed by atoms with Crippen LogP contribution in [0.2, 0.25) is 0 Å². The van der Waals surface area contributed by atoms with Crippen LogP contribution in [0.5, 0.6) is 5.75 Å². The zero-order valence-electron chi connectivity index (χ0n) is 12.9. The second-order valence-corrected chi connectivity index (χ2v) is 6.71. The molecule has 2 saturated heterocycles. The largest absolute Gasteiger partial charge is 0.507 e. The van der Waals surface area contributed by atoms with E-state index in [-0.39, 0.29) is 0 Å². The Bertz CT molecular complexity index is 656. The number of phenolic OH excluding ortho intramolecular Hbond substituents is 1. The summed E-state index contributed by atoms with van der Waals surface area (Å²) in [6.45, 7) is 4.63. The lowest BCUT2D eigenvalue weighted by Crippen LogP contribution is -2.26. The van der Waals surface area contributed by atoms with E-state index >= 15 is 0 Å². The predicted octanol–water partition coefficient (Wildman–Crippen LogP) is 3.06. The highest BCUT2D eigenvalue weighted by molar-refractivity contribution is 5.73. The maximum absolute atomic E-state index is 10.4. The molecule has 0 amide bonds. The lowest BCUT2D eigenvalue weighted by Gasteiger charge is -2.22. The molecule has 2 atom stereocenters. The van der Waals surface area contributed by atoms with Crippen molar-refractivity contribution in [1.29, 1.82) is 0 Å². The normalized spacial score (nSPS) is 24.7. The molecule has 1 N–H and O–H groups in total. The molecule has 2 aromatic carbocycles. The zero-order chi connectivity index (χ0) is 15.1. The molecule has 0 saturated carbocycles. The van der Waals surface area contributed by atoms with Gasteiger partial charge in [-0.25, -0.2) is 0 Å². The number of hydrogen-bond acceptors (Lipinski definition) is 3. The van der Waals surface area contributed by atoms with E-state index in [4.69, 9.17) is 0 Å². The third kappa shape index (κ3) is 2.35. The lowest BCUT2D eigenvalue weighted by atomic mass is 10.0. The maximum atomic E-state index is 10.4. The van der Waals surface area contributed by atoms with Crippen LogP contribution in [-0.4, -0.2) is 43.2 Å². The molecule has 0 bridgehead atoms. The highest BCUT2D eigenvalue weighted by Crippen LogP contribution is 2.37. The van der Waals surface area contributed by atoms with Crippen molar-refractivity contribution in [2.24, 2.45) is 11.8 Å². The van der Waals surface area contributed by atoms with Gasteiger partial charge in [-0.1, -0.05) is 30.3 Å². The van der Waals surface area contributed by atoms with Gasteiger partial charge in [-0.15, -0.1) is 0 Å². The van der Waals surface area contributed by atoms with Crippen molar-refractivity contribution in [3.63, 3.8) is 0 Å². The van der Waals surface area contributed by atoms with Gasteiger partial charge in [0, 0.05) is 43.5 Å². The van der Waals surface area contributed by atoms with Gasteiger partial charge < -0.3 is 14.9 Å². The van der Waals surface area contributed by atoms with Gasteiger partial charge in [-0.05, 0) is 36.6 Å². The molecular formula is C19H22N2O. The van der Waals surface area contributed by atoms with Gasteiger partial charge in [0.15, 0.2) is 0 Å². The summed E-state index contributed by atoms with van der Waals surface area (Å²) < 4.78 is 0. The van der Waals surface area contributed by atoms with Crippen LogP contribution in [0.4, 0.5) is 5.69 Å². The molecule has 3 heteroatoms. The zero-order valence-corrected chi connectivity index (χ0v) is 12.9. The molecule has 2 fully saturated rings. The van der Waals surface area contributed by atoms with Crippen LogP contribution in [-0.2, 0) is 0 Å². The summed E-state index contributed by atoms with van der Waals surface area (Å²) in [5.41, 5.74) is 3.11. The minimum absolute atomic E-state index is 0.373. The molecule has 2 aliphatic heterocycles. The fourth-order valence-corrected chi connectivity index (χ4v) is 4.02. The van der Waals surface area contributed by atoms with Crippen LogP contribution in [0.3, 0.4) is 0 Å². The molecule has 0 aliphatic carbocycles. The first-order chi connectivity index (χ1) is 10.7. The molecule has 2 aromatic rings. The minimum atomic E-state index is 0.373. The molecular weight excluding hydrogens is 272 g/mol. The van der Waals surface area contributed by atoms with E-state index in [1.54, 1.807) is 0 Å². The molecule has 0 radical (unpaired) electrons. The van der Waals surface area contributed by atoms with Crippen molar-refractivity contribution in [3.05, 3.63) is 48.5 Å². The number of phenols is 1. The molecule has 2 aliphatic rings. The van der Waals surface area contributed by atoms with Crippen LogP contribution in [0.15, 0.2) is 48.5 Å². The van der Waals surface area contributed by atoms with Gasteiger partial charge in [-0.3, -0.25) is 0 Å². The number of aromatic hydroxyl groups is 1. The van der Waals surface area contributed by atoms with E-state index < -0.39 is 0 Å². The first kappa shape index (κ1) is 13.6. The van der Waals surface area contributed by atoms with Gasteiger partial charge in [0.1, 0.15) is 5.75 Å². The Labute approximate surface area is 131 Å². The number of anilines is 1. The second-order valence-electron chi connectivity index (χ2n) is 6.71. The van der Waals surface area contributed by atoms with Crippen LogP contribution in [0.25, 0.3) is 11.1 Å². The van der Waals surface area contributed by atoms with E-state index in [2.05, 4.69) is 22.9 Å². The van der Waals surface area contributed by atoms with Gasteiger partial charge in [0.25, 0.3) is 0 Å². The fraction of sp³-hybridized carbons (Fsp3) is 0.368. The Kier molecular flexibility index (Phi) is 3.30. The Morgan fingerprint density at radius 2 is 1.59 bits per heavy atom. The molecule has 114 valence electrons. The van der Waals surface area contributed by atoms with E-state index in [0.29, 0.717) is 5.75 Å². The van der Waals surface area contributed by atoms with Crippen molar-refractivity contribution in [2.45, 2.75) is 0 Å². The van der Waals surface area contributed by atoms with Crippen LogP contribution in [0.1, 0.15) is 0 Å². The lowest BCUT2D eigenvalue weighted by molar-refractivity contribution is 0.387. The smallest absolute Gasteiger partial charge is 0.125 e. The quantitative estimate of drug-likeness (QED) is 0.922. The number of nitrogens with zero attached hydrogens (tertiary/aromatic N) is 2. The molecule has 4 rings (SSSR count). The number of benzene rings is 2. The molecule has 2 unspecified atom stereocenters. The SMILES string of the molecule is CN1CC2CN(c3ccc(-c4ccccc4)c(O)c3)CC2C1. The van der Waals surface area contributed by atoms with Crippen molar-refractivity contribution in [3.8, 4) is 16.9 Å². The summed E-state index contributed by atoms with van der Waals surface area (Å²) in [5.74, 6) is 1.93. The Hall–Kier alpha value is -2.00. The van der Waals surface area contributed by atoms with Crippen molar-refractivity contribution in [2.75, 3.05) is 38.1 Å². The highest BCUT2D eigenvalue weighted by atomic mass is 16.3. The van der Waals surface area contributed by atoms with Gasteiger partial charge in [0.2, 0.25) is 0 Å². The van der Waals surface area contributed by atoms with E-state index in [1.807, 2.05) is 42.5 Å². The molecule has 0 spiro atoms. The minimum Gasteiger partial charge on any atom is -0.507 e. The average molecular weight is 294 g/mol. The third-order valence-corrected chi connectivity index (χ3v) is 5.10. The standard InChI is InChI=1S/C19H22N2O/c1-20-10-15-12-21(13-16(15)11-20)17-7-8-18(19(22)9-17)14-5-3-2-4-6-14/h2-9,15-16,22H,10-13H2,1H3. The Balaban J connectivity index is 1.56. The number of likely N-dealkylation sites (tertiary alicyclic amines) is 1. The summed E-state index contributed by atoms with van der Waals surface area (Å²) in [6.07, 6.45) is 0. The van der Waals surface area contributed by atoms with Crippen LogP contribution < -0.4 is 4.90 Å². The molecule has 3 nitrogen and oxygen atoms in total. The predicted molar refractivity (Wildman–Crippen MR) is 90.2 cm³/mol. The number of fused-ring (bicyclic) bond motifs is 1. The molecule has 0 aromatic heterocycles. The maximum Gasteiger partial charge on any atom is 0.125 e. The second kappa shape index (κ2) is 5.33. The Morgan fingerprint density at radius 3 is 2.23 bits per heavy atom. The third-order valence-electron chi connectivity index (χ3n) is 5.10. The van der Waals surface area contributed by atoms with E-state index in [9.17, 15) is 5.11 Å². The number of rotatable bonds is 2. The summed E-state index contributed by atoms with van der Waals surface area (Å²) >= 11 is 0. The fourth-order valence-electron chi connectivity index (χ4n) is 4.02. The topological polar surface area (TPSA) is 26.7 Å².